The van der Waals surface area contributed by atoms with Crippen molar-refractivity contribution in [3.05, 3.63) is 217 Å². The monoisotopic (exact) mass is 758 g/mol. The molecule has 0 aliphatic heterocycles. The van der Waals surface area contributed by atoms with Crippen molar-refractivity contribution in [2.24, 2.45) is 0 Å². The lowest BCUT2D eigenvalue weighted by Crippen LogP contribution is -2.09. The second kappa shape index (κ2) is 15.1. The van der Waals surface area contributed by atoms with E-state index in [4.69, 9.17) is 9.97 Å². The number of anilines is 3. The number of aromatic nitrogens is 3. The van der Waals surface area contributed by atoms with Crippen molar-refractivity contribution >= 4 is 38.9 Å². The van der Waals surface area contributed by atoms with Crippen molar-refractivity contribution in [2.45, 2.75) is 20.8 Å². The van der Waals surface area contributed by atoms with E-state index in [0.717, 1.165) is 73.3 Å². The fourth-order valence-electron chi connectivity index (χ4n) is 8.20. The van der Waals surface area contributed by atoms with E-state index in [1.807, 2.05) is 24.3 Å². The van der Waals surface area contributed by atoms with Crippen molar-refractivity contribution in [3.63, 3.8) is 0 Å². The number of hydrogen-bond acceptors (Lipinski definition) is 3. The van der Waals surface area contributed by atoms with Gasteiger partial charge in [0.25, 0.3) is 0 Å². The highest BCUT2D eigenvalue weighted by Crippen LogP contribution is 2.40. The molecule has 2 heterocycles. The molecule has 0 fully saturated rings. The van der Waals surface area contributed by atoms with Crippen molar-refractivity contribution < 1.29 is 0 Å². The van der Waals surface area contributed by atoms with E-state index in [9.17, 15) is 0 Å². The maximum Gasteiger partial charge on any atom is 0.160 e. The Hall–Kier alpha value is -7.56. The van der Waals surface area contributed by atoms with Crippen LogP contribution in [0, 0.1) is 20.8 Å². The number of para-hydroxylation sites is 1. The summed E-state index contributed by atoms with van der Waals surface area (Å²) in [6.07, 6.45) is 0. The molecule has 0 spiro atoms. The first-order valence-corrected chi connectivity index (χ1v) is 20.2. The third-order valence-electron chi connectivity index (χ3n) is 11.3. The topological polar surface area (TPSA) is 34.0 Å². The maximum atomic E-state index is 5.09. The van der Waals surface area contributed by atoms with Crippen LogP contribution in [0.25, 0.3) is 72.5 Å². The smallest absolute Gasteiger partial charge is 0.160 e. The molecule has 0 radical (unpaired) electrons. The summed E-state index contributed by atoms with van der Waals surface area (Å²) in [4.78, 5) is 12.4. The van der Waals surface area contributed by atoms with Crippen LogP contribution in [-0.4, -0.2) is 14.5 Å². The van der Waals surface area contributed by atoms with Gasteiger partial charge in [-0.1, -0.05) is 145 Å². The van der Waals surface area contributed by atoms with Crippen LogP contribution in [0.5, 0.6) is 0 Å². The van der Waals surface area contributed by atoms with E-state index in [1.54, 1.807) is 0 Å². The molecule has 0 aliphatic carbocycles. The Morgan fingerprint density at radius 2 is 0.949 bits per heavy atom. The van der Waals surface area contributed by atoms with Gasteiger partial charge in [-0.2, -0.15) is 0 Å². The number of rotatable bonds is 8. The fraction of sp³-hybridized carbons (Fsp3) is 0.0545. The third kappa shape index (κ3) is 6.85. The molecule has 10 aromatic rings. The van der Waals surface area contributed by atoms with Gasteiger partial charge < -0.3 is 9.47 Å². The highest BCUT2D eigenvalue weighted by Gasteiger charge is 2.18. The first kappa shape index (κ1) is 35.8. The predicted molar refractivity (Wildman–Crippen MR) is 247 cm³/mol. The zero-order chi connectivity index (χ0) is 39.9. The summed E-state index contributed by atoms with van der Waals surface area (Å²) < 4.78 is 2.39. The number of hydrogen-bond donors (Lipinski definition) is 0. The standard InChI is InChI=1S/C55H42N4/c1-37-18-25-44(26-19-37)58(45-27-20-38(2)21-28-45)47-31-33-54-50(35-47)49-16-10-11-17-53(49)59(54)46-29-22-40(23-30-46)43-24-32-48(39(3)34-43)52-36-51(41-12-6-4-7-13-41)56-55(57-52)42-14-8-5-9-15-42/h4-36H,1-3H3. The zero-order valence-electron chi connectivity index (χ0n) is 33.3. The molecule has 8 aromatic carbocycles. The molecule has 59 heavy (non-hydrogen) atoms. The summed E-state index contributed by atoms with van der Waals surface area (Å²) in [5.74, 6) is 0.720. The second-order valence-electron chi connectivity index (χ2n) is 15.3. The molecule has 0 aliphatic rings. The average Bonchev–Trinajstić information content (AvgIpc) is 3.62. The van der Waals surface area contributed by atoms with E-state index in [-0.39, 0.29) is 0 Å². The van der Waals surface area contributed by atoms with Crippen LogP contribution < -0.4 is 4.90 Å². The Morgan fingerprint density at radius 3 is 1.61 bits per heavy atom. The van der Waals surface area contributed by atoms with Gasteiger partial charge in [0.15, 0.2) is 5.82 Å². The minimum atomic E-state index is 0.720. The van der Waals surface area contributed by atoms with Gasteiger partial charge in [0.2, 0.25) is 0 Å². The maximum absolute atomic E-state index is 5.09. The van der Waals surface area contributed by atoms with Gasteiger partial charge in [-0.15, -0.1) is 0 Å². The SMILES string of the molecule is Cc1ccc(N(c2ccc(C)cc2)c2ccc3c(c2)c2ccccc2n3-c2ccc(-c3ccc(-c4cc(-c5ccccc5)nc(-c5ccccc5)n4)c(C)c3)cc2)cc1. The molecule has 4 heteroatoms. The molecule has 0 saturated heterocycles. The van der Waals surface area contributed by atoms with Gasteiger partial charge in [0.1, 0.15) is 0 Å². The largest absolute Gasteiger partial charge is 0.310 e. The lowest BCUT2D eigenvalue weighted by atomic mass is 9.97. The summed E-state index contributed by atoms with van der Waals surface area (Å²) in [7, 11) is 0. The summed E-state index contributed by atoms with van der Waals surface area (Å²) in [6.45, 7) is 6.44. The van der Waals surface area contributed by atoms with Crippen molar-refractivity contribution in [3.8, 4) is 50.7 Å². The van der Waals surface area contributed by atoms with Crippen LogP contribution in [-0.2, 0) is 0 Å². The van der Waals surface area contributed by atoms with Gasteiger partial charge >= 0.3 is 0 Å². The molecule has 0 bridgehead atoms. The highest BCUT2D eigenvalue weighted by atomic mass is 15.1. The van der Waals surface area contributed by atoms with Crippen LogP contribution >= 0.6 is 0 Å². The Morgan fingerprint density at radius 1 is 0.390 bits per heavy atom. The normalized spacial score (nSPS) is 11.3. The number of aryl methyl sites for hydroxylation is 3. The van der Waals surface area contributed by atoms with Gasteiger partial charge in [0, 0.05) is 50.2 Å². The van der Waals surface area contributed by atoms with Gasteiger partial charge in [-0.05, 0) is 104 Å². The van der Waals surface area contributed by atoms with E-state index < -0.39 is 0 Å². The lowest BCUT2D eigenvalue weighted by Gasteiger charge is -2.26. The van der Waals surface area contributed by atoms with Crippen molar-refractivity contribution in [1.29, 1.82) is 0 Å². The first-order valence-electron chi connectivity index (χ1n) is 20.2. The zero-order valence-corrected chi connectivity index (χ0v) is 33.3. The molecule has 0 atom stereocenters. The Kier molecular flexibility index (Phi) is 9.15. The number of fused-ring (bicyclic) bond motifs is 3. The van der Waals surface area contributed by atoms with Crippen molar-refractivity contribution in [1.82, 2.24) is 14.5 Å². The minimum absolute atomic E-state index is 0.720. The summed E-state index contributed by atoms with van der Waals surface area (Å²) in [5.41, 5.74) is 17.8. The lowest BCUT2D eigenvalue weighted by molar-refractivity contribution is 1.18. The summed E-state index contributed by atoms with van der Waals surface area (Å²) in [5, 5.41) is 2.44. The molecule has 4 nitrogen and oxygen atoms in total. The molecule has 10 rings (SSSR count). The minimum Gasteiger partial charge on any atom is -0.310 e. The molecule has 0 amide bonds. The number of benzene rings is 8. The van der Waals surface area contributed by atoms with E-state index in [0.29, 0.717) is 0 Å². The van der Waals surface area contributed by atoms with Crippen LogP contribution in [0.4, 0.5) is 17.1 Å². The summed E-state index contributed by atoms with van der Waals surface area (Å²) >= 11 is 0. The van der Waals surface area contributed by atoms with Gasteiger partial charge in [-0.25, -0.2) is 9.97 Å². The Labute approximate surface area is 345 Å². The molecule has 0 unspecified atom stereocenters. The first-order chi connectivity index (χ1) is 29.0. The van der Waals surface area contributed by atoms with E-state index in [1.165, 1.54) is 32.9 Å². The Balaban J connectivity index is 1.01. The van der Waals surface area contributed by atoms with Crippen LogP contribution in [0.2, 0.25) is 0 Å². The molecule has 282 valence electrons. The molecular formula is C55H42N4. The van der Waals surface area contributed by atoms with Crippen LogP contribution in [0.15, 0.2) is 200 Å². The summed E-state index contributed by atoms with van der Waals surface area (Å²) in [6, 6.07) is 71.5. The van der Waals surface area contributed by atoms with Crippen molar-refractivity contribution in [2.75, 3.05) is 4.90 Å². The quantitative estimate of drug-likeness (QED) is 0.155. The fourth-order valence-corrected chi connectivity index (χ4v) is 8.20. The van der Waals surface area contributed by atoms with Gasteiger partial charge in [0.05, 0.1) is 22.4 Å². The second-order valence-corrected chi connectivity index (χ2v) is 15.3. The number of nitrogens with zero attached hydrogens (tertiary/aromatic N) is 4. The molecule has 0 N–H and O–H groups in total. The van der Waals surface area contributed by atoms with Crippen LogP contribution in [0.1, 0.15) is 16.7 Å². The van der Waals surface area contributed by atoms with Crippen LogP contribution in [0.3, 0.4) is 0 Å². The van der Waals surface area contributed by atoms with E-state index in [2.05, 4.69) is 206 Å². The highest BCUT2D eigenvalue weighted by molar-refractivity contribution is 6.10. The molecule has 0 saturated carbocycles. The molecule has 2 aromatic heterocycles. The van der Waals surface area contributed by atoms with E-state index >= 15 is 0 Å². The average molecular weight is 759 g/mol. The third-order valence-corrected chi connectivity index (χ3v) is 11.3. The molecular weight excluding hydrogens is 717 g/mol. The Bertz CT molecular complexity index is 2990. The van der Waals surface area contributed by atoms with Gasteiger partial charge in [-0.3, -0.25) is 0 Å². The predicted octanol–water partition coefficient (Wildman–Crippen LogP) is 14.6.